The Labute approximate surface area is 151 Å². The largest absolute Gasteiger partial charge is 0.350 e. The van der Waals surface area contributed by atoms with E-state index in [1.807, 2.05) is 35.2 Å². The number of anilines is 2. The van der Waals surface area contributed by atoms with Gasteiger partial charge in [-0.05, 0) is 42.7 Å². The van der Waals surface area contributed by atoms with Crippen LogP contribution in [-0.4, -0.2) is 21.8 Å². The van der Waals surface area contributed by atoms with E-state index in [2.05, 4.69) is 5.32 Å². The predicted octanol–water partition coefficient (Wildman–Crippen LogP) is 3.72. The maximum atomic E-state index is 11.7. The number of carbonyl (C=O) groups excluding carboxylic acids is 1. The van der Waals surface area contributed by atoms with Crippen molar-refractivity contribution >= 4 is 23.0 Å². The van der Waals surface area contributed by atoms with Crippen LogP contribution in [0.4, 0.5) is 17.1 Å². The molecule has 2 aromatic rings. The van der Waals surface area contributed by atoms with E-state index in [9.17, 15) is 14.9 Å². The molecule has 0 saturated heterocycles. The smallest absolute Gasteiger partial charge is 0.293 e. The molecule has 0 unspecified atom stereocenters. The van der Waals surface area contributed by atoms with Gasteiger partial charge in [-0.15, -0.1) is 0 Å². The lowest BCUT2D eigenvalue weighted by atomic mass is 10.1. The second kappa shape index (κ2) is 7.23. The van der Waals surface area contributed by atoms with Crippen LogP contribution in [0.2, 0.25) is 0 Å². The van der Waals surface area contributed by atoms with E-state index >= 15 is 0 Å². The predicted molar refractivity (Wildman–Crippen MR) is 96.8 cm³/mol. The van der Waals surface area contributed by atoms with Gasteiger partial charge in [0.15, 0.2) is 0 Å². The van der Waals surface area contributed by atoms with Crippen LogP contribution in [0.1, 0.15) is 30.9 Å². The van der Waals surface area contributed by atoms with Gasteiger partial charge in [-0.3, -0.25) is 14.9 Å². The van der Waals surface area contributed by atoms with Gasteiger partial charge in [-0.2, -0.15) is 5.26 Å². The topological polar surface area (TPSA) is 99.3 Å². The first-order valence-electron chi connectivity index (χ1n) is 8.29. The summed E-state index contributed by atoms with van der Waals surface area (Å²) < 4.78 is 0. The van der Waals surface area contributed by atoms with Crippen molar-refractivity contribution in [2.45, 2.75) is 32.4 Å². The number of benzene rings is 2. The van der Waals surface area contributed by atoms with Crippen LogP contribution >= 0.6 is 0 Å². The number of carbonyl (C=O) groups is 1. The van der Waals surface area contributed by atoms with Crippen molar-refractivity contribution in [1.29, 1.82) is 5.26 Å². The van der Waals surface area contributed by atoms with Gasteiger partial charge in [-0.25, -0.2) is 0 Å². The highest BCUT2D eigenvalue weighted by Gasteiger charge is 2.30. The van der Waals surface area contributed by atoms with Gasteiger partial charge in [0.25, 0.3) is 5.69 Å². The first-order chi connectivity index (χ1) is 12.5. The van der Waals surface area contributed by atoms with Gasteiger partial charge in [-0.1, -0.05) is 12.1 Å². The molecule has 0 spiro atoms. The normalized spacial score (nSPS) is 12.9. The molecular formula is C19H18N4O3. The first-order valence-corrected chi connectivity index (χ1v) is 8.29. The molecule has 1 amide bonds. The highest BCUT2D eigenvalue weighted by atomic mass is 16.6. The van der Waals surface area contributed by atoms with Crippen LogP contribution < -0.4 is 5.32 Å². The molecule has 1 aliphatic rings. The molecule has 2 aromatic carbocycles. The fourth-order valence-corrected chi connectivity index (χ4v) is 2.79. The SMILES string of the molecule is CC(=O)N(Cc1ccc(Nc2ccc(C#N)cc2[N+](=O)[O-])cc1)C1CC1. The molecule has 0 radical (unpaired) electrons. The Morgan fingerprint density at radius 2 is 2.00 bits per heavy atom. The molecule has 7 heteroatoms. The Hall–Kier alpha value is -3.40. The first kappa shape index (κ1) is 17.4. The number of rotatable bonds is 6. The standard InChI is InChI=1S/C19H18N4O3/c1-13(24)22(17-7-8-17)12-14-2-5-16(6-3-14)21-18-9-4-15(11-20)10-19(18)23(25)26/h2-6,9-10,17,21H,7-8,12H2,1H3. The van der Waals surface area contributed by atoms with Gasteiger partial charge < -0.3 is 10.2 Å². The van der Waals surface area contributed by atoms with Crippen LogP contribution in [0, 0.1) is 21.4 Å². The Kier molecular flexibility index (Phi) is 4.85. The molecule has 0 heterocycles. The third-order valence-electron chi connectivity index (χ3n) is 4.30. The zero-order chi connectivity index (χ0) is 18.7. The number of nitriles is 1. The lowest BCUT2D eigenvalue weighted by Gasteiger charge is -2.20. The fraction of sp³-hybridized carbons (Fsp3) is 0.263. The number of hydrogen-bond donors (Lipinski definition) is 1. The van der Waals surface area contributed by atoms with Crippen molar-refractivity contribution in [3.8, 4) is 6.07 Å². The summed E-state index contributed by atoms with van der Waals surface area (Å²) in [5, 5.41) is 23.1. The summed E-state index contributed by atoms with van der Waals surface area (Å²) in [6.45, 7) is 2.15. The monoisotopic (exact) mass is 350 g/mol. The average Bonchev–Trinajstić information content (AvgIpc) is 3.45. The van der Waals surface area contributed by atoms with Crippen LogP contribution in [0.5, 0.6) is 0 Å². The number of nitrogens with zero attached hydrogens (tertiary/aromatic N) is 3. The molecule has 26 heavy (non-hydrogen) atoms. The minimum absolute atomic E-state index is 0.0721. The zero-order valence-corrected chi connectivity index (χ0v) is 14.3. The number of nitro groups is 1. The number of nitro benzene ring substituents is 1. The van der Waals surface area contributed by atoms with Crippen molar-refractivity contribution in [2.24, 2.45) is 0 Å². The molecule has 132 valence electrons. The Morgan fingerprint density at radius 1 is 1.31 bits per heavy atom. The van der Waals surface area contributed by atoms with Crippen LogP contribution in [0.25, 0.3) is 0 Å². The summed E-state index contributed by atoms with van der Waals surface area (Å²) in [5.41, 5.74) is 2.12. The van der Waals surface area contributed by atoms with E-state index < -0.39 is 4.92 Å². The summed E-state index contributed by atoms with van der Waals surface area (Å²) in [6.07, 6.45) is 2.11. The quantitative estimate of drug-likeness (QED) is 0.632. The second-order valence-electron chi connectivity index (χ2n) is 6.30. The molecule has 1 N–H and O–H groups in total. The van der Waals surface area contributed by atoms with Crippen LogP contribution in [0.3, 0.4) is 0 Å². The van der Waals surface area contributed by atoms with Gasteiger partial charge in [0.1, 0.15) is 5.69 Å². The lowest BCUT2D eigenvalue weighted by molar-refractivity contribution is -0.383. The minimum Gasteiger partial charge on any atom is -0.350 e. The molecule has 1 aliphatic carbocycles. The van der Waals surface area contributed by atoms with Crippen molar-refractivity contribution < 1.29 is 9.72 Å². The Balaban J connectivity index is 1.74. The van der Waals surface area contributed by atoms with E-state index in [1.165, 1.54) is 18.2 Å². The maximum Gasteiger partial charge on any atom is 0.293 e. The number of hydrogen-bond acceptors (Lipinski definition) is 5. The van der Waals surface area contributed by atoms with Crippen molar-refractivity contribution in [3.63, 3.8) is 0 Å². The van der Waals surface area contributed by atoms with Gasteiger partial charge in [0.2, 0.25) is 5.91 Å². The molecule has 3 rings (SSSR count). The van der Waals surface area contributed by atoms with Crippen molar-refractivity contribution in [1.82, 2.24) is 4.90 Å². The highest BCUT2D eigenvalue weighted by molar-refractivity contribution is 5.74. The Morgan fingerprint density at radius 3 is 2.54 bits per heavy atom. The van der Waals surface area contributed by atoms with E-state index in [4.69, 9.17) is 5.26 Å². The van der Waals surface area contributed by atoms with E-state index in [0.717, 1.165) is 18.4 Å². The molecule has 1 fully saturated rings. The number of nitrogens with one attached hydrogen (secondary N) is 1. The van der Waals surface area contributed by atoms with Gasteiger partial charge in [0.05, 0.1) is 16.6 Å². The molecule has 0 aliphatic heterocycles. The molecule has 7 nitrogen and oxygen atoms in total. The summed E-state index contributed by atoms with van der Waals surface area (Å²) >= 11 is 0. The number of amides is 1. The third-order valence-corrected chi connectivity index (χ3v) is 4.30. The van der Waals surface area contributed by atoms with Crippen molar-refractivity contribution in [2.75, 3.05) is 5.32 Å². The van der Waals surface area contributed by atoms with Crippen LogP contribution in [0.15, 0.2) is 42.5 Å². The van der Waals surface area contributed by atoms with E-state index in [0.29, 0.717) is 24.0 Å². The third kappa shape index (κ3) is 3.98. The van der Waals surface area contributed by atoms with Gasteiger partial charge in [0, 0.05) is 31.3 Å². The second-order valence-corrected chi connectivity index (χ2v) is 6.30. The summed E-state index contributed by atoms with van der Waals surface area (Å²) in [6, 6.07) is 14.0. The van der Waals surface area contributed by atoms with Crippen LogP contribution in [-0.2, 0) is 11.3 Å². The molecule has 0 aromatic heterocycles. The van der Waals surface area contributed by atoms with E-state index in [1.54, 1.807) is 6.92 Å². The van der Waals surface area contributed by atoms with Gasteiger partial charge >= 0.3 is 0 Å². The van der Waals surface area contributed by atoms with E-state index in [-0.39, 0.29) is 17.2 Å². The van der Waals surface area contributed by atoms with Crippen molar-refractivity contribution in [3.05, 3.63) is 63.7 Å². The minimum atomic E-state index is -0.516. The average molecular weight is 350 g/mol. The zero-order valence-electron chi connectivity index (χ0n) is 14.3. The molecule has 0 bridgehead atoms. The fourth-order valence-electron chi connectivity index (χ4n) is 2.79. The molecular weight excluding hydrogens is 332 g/mol. The molecule has 1 saturated carbocycles. The summed E-state index contributed by atoms with van der Waals surface area (Å²) in [4.78, 5) is 24.3. The lowest BCUT2D eigenvalue weighted by Crippen LogP contribution is -2.30. The molecule has 0 atom stereocenters. The Bertz CT molecular complexity index is 883. The summed E-state index contributed by atoms with van der Waals surface area (Å²) in [7, 11) is 0. The highest BCUT2D eigenvalue weighted by Crippen LogP contribution is 2.30. The summed E-state index contributed by atoms with van der Waals surface area (Å²) in [5.74, 6) is 0.0721. The maximum absolute atomic E-state index is 11.7.